The molecule has 1 aliphatic rings. The van der Waals surface area contributed by atoms with Crippen LogP contribution in [0.2, 0.25) is 0 Å². The van der Waals surface area contributed by atoms with E-state index in [9.17, 15) is 0 Å². The van der Waals surface area contributed by atoms with Gasteiger partial charge in [-0.3, -0.25) is 9.89 Å². The molecule has 0 unspecified atom stereocenters. The quantitative estimate of drug-likeness (QED) is 0.776. The fourth-order valence-electron chi connectivity index (χ4n) is 1.90. The number of aromatic nitrogens is 1. The van der Waals surface area contributed by atoms with E-state index in [2.05, 4.69) is 16.0 Å². The molecule has 2 heterocycles. The highest BCUT2D eigenvalue weighted by Gasteiger charge is 2.16. The van der Waals surface area contributed by atoms with Gasteiger partial charge < -0.3 is 5.73 Å². The first-order chi connectivity index (χ1) is 7.84. The summed E-state index contributed by atoms with van der Waals surface area (Å²) in [5.41, 5.74) is 6.78. The largest absolute Gasteiger partial charge is 0.369 e. The number of para-hydroxylation sites is 1. The molecule has 2 N–H and O–H groups in total. The third-order valence-corrected chi connectivity index (χ3v) is 2.73. The highest BCUT2D eigenvalue weighted by atomic mass is 15.3. The fraction of sp³-hybridized carbons (Fsp3) is 0.167. The van der Waals surface area contributed by atoms with Crippen LogP contribution in [0.5, 0.6) is 0 Å². The van der Waals surface area contributed by atoms with Gasteiger partial charge >= 0.3 is 0 Å². The van der Waals surface area contributed by atoms with Crippen molar-refractivity contribution in [2.24, 2.45) is 10.7 Å². The Morgan fingerprint density at radius 1 is 1.12 bits per heavy atom. The second-order valence-electron chi connectivity index (χ2n) is 3.75. The summed E-state index contributed by atoms with van der Waals surface area (Å²) < 4.78 is 0. The minimum absolute atomic E-state index is 0.558. The van der Waals surface area contributed by atoms with E-state index in [1.54, 1.807) is 0 Å². The van der Waals surface area contributed by atoms with Crippen LogP contribution in [0.4, 0.5) is 5.82 Å². The topological polar surface area (TPSA) is 54.5 Å². The summed E-state index contributed by atoms with van der Waals surface area (Å²) in [6.45, 7) is 1.57. The summed E-state index contributed by atoms with van der Waals surface area (Å²) in [5.74, 6) is 1.43. The summed E-state index contributed by atoms with van der Waals surface area (Å²) in [7, 11) is 0. The molecule has 3 rings (SSSR count). The highest BCUT2D eigenvalue weighted by molar-refractivity contribution is 5.96. The van der Waals surface area contributed by atoms with Crippen LogP contribution in [-0.2, 0) is 0 Å². The normalized spacial score (nSPS) is 15.5. The van der Waals surface area contributed by atoms with Crippen LogP contribution in [0.1, 0.15) is 0 Å². The molecule has 4 nitrogen and oxygen atoms in total. The molecule has 80 valence electrons. The molecule has 4 heteroatoms. The Morgan fingerprint density at radius 2 is 2.00 bits per heavy atom. The second kappa shape index (κ2) is 3.48. The first-order valence-electron chi connectivity index (χ1n) is 5.28. The third-order valence-electron chi connectivity index (χ3n) is 2.73. The zero-order valence-corrected chi connectivity index (χ0v) is 8.80. The van der Waals surface area contributed by atoms with Crippen LogP contribution in [0.3, 0.4) is 0 Å². The number of rotatable bonds is 1. The molecule has 1 aromatic heterocycles. The van der Waals surface area contributed by atoms with E-state index in [-0.39, 0.29) is 0 Å². The zero-order chi connectivity index (χ0) is 11.0. The summed E-state index contributed by atoms with van der Waals surface area (Å²) in [6.07, 6.45) is 0. The Labute approximate surface area is 93.4 Å². The Morgan fingerprint density at radius 3 is 2.81 bits per heavy atom. The number of nitrogens with zero attached hydrogens (tertiary/aromatic N) is 3. The van der Waals surface area contributed by atoms with Gasteiger partial charge in [0, 0.05) is 11.9 Å². The Kier molecular flexibility index (Phi) is 1.99. The molecule has 0 radical (unpaired) electrons. The van der Waals surface area contributed by atoms with E-state index in [4.69, 9.17) is 5.73 Å². The van der Waals surface area contributed by atoms with Crippen molar-refractivity contribution in [1.82, 2.24) is 4.98 Å². The van der Waals surface area contributed by atoms with Crippen LogP contribution in [0.25, 0.3) is 10.9 Å². The Bertz CT molecular complexity index is 562. The number of benzene rings is 1. The molecule has 0 spiro atoms. The maximum atomic E-state index is 5.79. The molecule has 0 amide bonds. The summed E-state index contributed by atoms with van der Waals surface area (Å²) in [6, 6.07) is 12.1. The van der Waals surface area contributed by atoms with Crippen LogP contribution in [-0.4, -0.2) is 24.0 Å². The van der Waals surface area contributed by atoms with Gasteiger partial charge in [-0.15, -0.1) is 0 Å². The number of fused-ring (bicyclic) bond motifs is 1. The number of pyridine rings is 1. The summed E-state index contributed by atoms with van der Waals surface area (Å²) in [5, 5.41) is 1.14. The molecule has 0 saturated carbocycles. The van der Waals surface area contributed by atoms with Crippen molar-refractivity contribution in [2.75, 3.05) is 18.0 Å². The van der Waals surface area contributed by atoms with Crippen LogP contribution in [0.15, 0.2) is 41.4 Å². The predicted octanol–water partition coefficient (Wildman–Crippen LogP) is 1.37. The third kappa shape index (κ3) is 1.39. The number of aliphatic imine (C=N–C) groups is 1. The lowest BCUT2D eigenvalue weighted by Crippen LogP contribution is -2.34. The molecule has 16 heavy (non-hydrogen) atoms. The van der Waals surface area contributed by atoms with E-state index < -0.39 is 0 Å². The van der Waals surface area contributed by atoms with Gasteiger partial charge in [-0.2, -0.15) is 0 Å². The van der Waals surface area contributed by atoms with Crippen molar-refractivity contribution < 1.29 is 0 Å². The van der Waals surface area contributed by atoms with Gasteiger partial charge in [0.15, 0.2) is 5.96 Å². The molecule has 0 fully saturated rings. The van der Waals surface area contributed by atoms with Gasteiger partial charge in [-0.1, -0.05) is 18.2 Å². The van der Waals surface area contributed by atoms with Crippen molar-refractivity contribution in [1.29, 1.82) is 0 Å². The number of nitrogens with two attached hydrogens (primary N) is 1. The van der Waals surface area contributed by atoms with Crippen molar-refractivity contribution in [3.8, 4) is 0 Å². The molecule has 0 saturated heterocycles. The molecule has 1 aromatic carbocycles. The Hall–Kier alpha value is -2.10. The van der Waals surface area contributed by atoms with E-state index >= 15 is 0 Å². The smallest absolute Gasteiger partial charge is 0.197 e. The minimum atomic E-state index is 0.558. The van der Waals surface area contributed by atoms with Crippen LogP contribution >= 0.6 is 0 Å². The summed E-state index contributed by atoms with van der Waals surface area (Å²) >= 11 is 0. The van der Waals surface area contributed by atoms with Gasteiger partial charge in [0.1, 0.15) is 5.82 Å². The van der Waals surface area contributed by atoms with Crippen LogP contribution in [0, 0.1) is 0 Å². The maximum absolute atomic E-state index is 5.79. The number of guanidine groups is 1. The predicted molar refractivity (Wildman–Crippen MR) is 65.6 cm³/mol. The molecule has 0 bridgehead atoms. The molecular formula is C12H12N4. The average Bonchev–Trinajstić information content (AvgIpc) is 2.75. The molecule has 2 aromatic rings. The monoisotopic (exact) mass is 212 g/mol. The van der Waals surface area contributed by atoms with Gasteiger partial charge in [-0.25, -0.2) is 4.98 Å². The average molecular weight is 212 g/mol. The minimum Gasteiger partial charge on any atom is -0.369 e. The highest BCUT2D eigenvalue weighted by Crippen LogP contribution is 2.18. The number of hydrogen-bond acceptors (Lipinski definition) is 4. The lowest BCUT2D eigenvalue weighted by atomic mass is 10.2. The summed E-state index contributed by atoms with van der Waals surface area (Å²) in [4.78, 5) is 10.7. The molecule has 1 aliphatic heterocycles. The zero-order valence-electron chi connectivity index (χ0n) is 8.80. The first kappa shape index (κ1) is 9.15. The number of hydrogen-bond donors (Lipinski definition) is 1. The van der Waals surface area contributed by atoms with Gasteiger partial charge in [0.25, 0.3) is 0 Å². The van der Waals surface area contributed by atoms with Crippen molar-refractivity contribution in [2.45, 2.75) is 0 Å². The lowest BCUT2D eigenvalue weighted by molar-refractivity contribution is 1.00. The van der Waals surface area contributed by atoms with Crippen molar-refractivity contribution in [3.63, 3.8) is 0 Å². The maximum Gasteiger partial charge on any atom is 0.197 e. The van der Waals surface area contributed by atoms with E-state index in [0.717, 1.165) is 29.8 Å². The molecular weight excluding hydrogens is 200 g/mol. The van der Waals surface area contributed by atoms with E-state index in [1.165, 1.54) is 0 Å². The fourth-order valence-corrected chi connectivity index (χ4v) is 1.90. The Balaban J connectivity index is 2.08. The van der Waals surface area contributed by atoms with Crippen LogP contribution < -0.4 is 10.6 Å². The SMILES string of the molecule is NC1=NCCN1c1ccc2ccccc2n1. The van der Waals surface area contributed by atoms with Crippen molar-refractivity contribution >= 4 is 22.7 Å². The molecule has 0 atom stereocenters. The first-order valence-corrected chi connectivity index (χ1v) is 5.28. The standard InChI is InChI=1S/C12H12N4/c13-12-14-7-8-16(12)11-6-5-9-3-1-2-4-10(9)15-11/h1-6H,7-8H2,(H2,13,14). The van der Waals surface area contributed by atoms with Gasteiger partial charge in [-0.05, 0) is 18.2 Å². The van der Waals surface area contributed by atoms with Gasteiger partial charge in [0.05, 0.1) is 12.1 Å². The molecule has 0 aliphatic carbocycles. The van der Waals surface area contributed by atoms with E-state index in [0.29, 0.717) is 5.96 Å². The number of anilines is 1. The van der Waals surface area contributed by atoms with E-state index in [1.807, 2.05) is 35.2 Å². The lowest BCUT2D eigenvalue weighted by Gasteiger charge is -2.16. The van der Waals surface area contributed by atoms with Gasteiger partial charge in [0.2, 0.25) is 0 Å². The second-order valence-corrected chi connectivity index (χ2v) is 3.75. The van der Waals surface area contributed by atoms with Crippen molar-refractivity contribution in [3.05, 3.63) is 36.4 Å².